The summed E-state index contributed by atoms with van der Waals surface area (Å²) in [5.41, 5.74) is 4.51. The first-order valence-corrected chi connectivity index (χ1v) is 10.7. The molecule has 0 aromatic heterocycles. The molecule has 5 nitrogen and oxygen atoms in total. The standard InChI is InChI=1S/C24H29FN4O/c1-4-28(5-2)19-10-11-29(15-19)23-9-7-18(12-16(23)3)26-14-21-20-13-17(25)6-8-22(20)27-24(21)30/h6-9,12-14,19,21H,4-5,10-11,15H2,1-3H3,(H,27,30). The number of nitrogens with zero attached hydrogens (tertiary/aromatic N) is 3. The molecule has 1 amide bonds. The van der Waals surface area contributed by atoms with E-state index >= 15 is 0 Å². The molecule has 2 aromatic carbocycles. The van der Waals surface area contributed by atoms with Gasteiger partial charge in [-0.05, 0) is 74.0 Å². The lowest BCUT2D eigenvalue weighted by Gasteiger charge is -2.27. The van der Waals surface area contributed by atoms with Crippen molar-refractivity contribution in [3.8, 4) is 0 Å². The highest BCUT2D eigenvalue weighted by Crippen LogP contribution is 2.33. The molecule has 0 bridgehead atoms. The average Bonchev–Trinajstić information content (AvgIpc) is 3.32. The van der Waals surface area contributed by atoms with E-state index in [1.54, 1.807) is 12.3 Å². The molecule has 0 saturated carbocycles. The Kier molecular flexibility index (Phi) is 5.86. The fourth-order valence-corrected chi connectivity index (χ4v) is 4.64. The number of anilines is 2. The quantitative estimate of drug-likeness (QED) is 0.717. The molecule has 2 aromatic rings. The maximum atomic E-state index is 13.6. The summed E-state index contributed by atoms with van der Waals surface area (Å²) in [6, 6.07) is 11.1. The van der Waals surface area contributed by atoms with E-state index in [0.717, 1.165) is 31.9 Å². The molecule has 6 heteroatoms. The van der Waals surface area contributed by atoms with Crippen LogP contribution in [0.25, 0.3) is 0 Å². The molecule has 2 atom stereocenters. The zero-order valence-electron chi connectivity index (χ0n) is 17.9. The number of nitrogens with one attached hydrogen (secondary N) is 1. The Hall–Kier alpha value is -2.73. The van der Waals surface area contributed by atoms with Gasteiger partial charge in [0.1, 0.15) is 11.7 Å². The summed E-state index contributed by atoms with van der Waals surface area (Å²) >= 11 is 0. The average molecular weight is 409 g/mol. The maximum absolute atomic E-state index is 13.6. The van der Waals surface area contributed by atoms with Crippen molar-refractivity contribution in [2.24, 2.45) is 4.99 Å². The minimum Gasteiger partial charge on any atom is -0.370 e. The summed E-state index contributed by atoms with van der Waals surface area (Å²) in [6.45, 7) is 10.8. The maximum Gasteiger partial charge on any atom is 0.237 e. The molecule has 1 saturated heterocycles. The predicted octanol–water partition coefficient (Wildman–Crippen LogP) is 4.49. The summed E-state index contributed by atoms with van der Waals surface area (Å²) in [7, 11) is 0. The number of aliphatic imine (C=N–C) groups is 1. The number of hydrogen-bond donors (Lipinski definition) is 1. The highest BCUT2D eigenvalue weighted by atomic mass is 19.1. The highest BCUT2D eigenvalue weighted by molar-refractivity contribution is 6.12. The smallest absolute Gasteiger partial charge is 0.237 e. The monoisotopic (exact) mass is 408 g/mol. The molecule has 30 heavy (non-hydrogen) atoms. The first-order chi connectivity index (χ1) is 14.5. The van der Waals surface area contributed by atoms with E-state index in [2.05, 4.69) is 53.0 Å². The van der Waals surface area contributed by atoms with Crippen molar-refractivity contribution >= 4 is 29.2 Å². The van der Waals surface area contributed by atoms with E-state index in [1.807, 2.05) is 6.07 Å². The van der Waals surface area contributed by atoms with Crippen LogP contribution in [0, 0.1) is 12.7 Å². The van der Waals surface area contributed by atoms with Crippen LogP contribution in [0.4, 0.5) is 21.5 Å². The molecule has 2 aliphatic heterocycles. The van der Waals surface area contributed by atoms with E-state index in [9.17, 15) is 9.18 Å². The van der Waals surface area contributed by atoms with Crippen LogP contribution < -0.4 is 10.2 Å². The first kappa shape index (κ1) is 20.5. The summed E-state index contributed by atoms with van der Waals surface area (Å²) in [4.78, 5) is 21.8. The van der Waals surface area contributed by atoms with E-state index < -0.39 is 5.92 Å². The van der Waals surface area contributed by atoms with Crippen molar-refractivity contribution in [1.82, 2.24) is 4.90 Å². The number of rotatable bonds is 6. The van der Waals surface area contributed by atoms with Crippen LogP contribution in [0.3, 0.4) is 0 Å². The first-order valence-electron chi connectivity index (χ1n) is 10.7. The minimum absolute atomic E-state index is 0.174. The van der Waals surface area contributed by atoms with Gasteiger partial charge in [0.05, 0.1) is 5.69 Å². The van der Waals surface area contributed by atoms with Crippen LogP contribution in [0.15, 0.2) is 41.4 Å². The summed E-state index contributed by atoms with van der Waals surface area (Å²) < 4.78 is 13.6. The number of benzene rings is 2. The van der Waals surface area contributed by atoms with Gasteiger partial charge in [-0.1, -0.05) is 13.8 Å². The fourth-order valence-electron chi connectivity index (χ4n) is 4.64. The molecule has 1 N–H and O–H groups in total. The van der Waals surface area contributed by atoms with Crippen LogP contribution in [-0.2, 0) is 4.79 Å². The van der Waals surface area contributed by atoms with Crippen LogP contribution >= 0.6 is 0 Å². The second-order valence-corrected chi connectivity index (χ2v) is 8.06. The van der Waals surface area contributed by atoms with E-state index in [4.69, 9.17) is 0 Å². The van der Waals surface area contributed by atoms with Gasteiger partial charge in [0.15, 0.2) is 0 Å². The van der Waals surface area contributed by atoms with E-state index in [0.29, 0.717) is 17.3 Å². The molecular weight excluding hydrogens is 379 g/mol. The number of halogens is 1. The molecule has 0 aliphatic carbocycles. The molecule has 0 radical (unpaired) electrons. The number of aryl methyl sites for hydroxylation is 1. The van der Waals surface area contributed by atoms with Crippen LogP contribution in [0.2, 0.25) is 0 Å². The third kappa shape index (κ3) is 3.97. The van der Waals surface area contributed by atoms with Gasteiger partial charge in [0, 0.05) is 36.7 Å². The van der Waals surface area contributed by atoms with Crippen molar-refractivity contribution in [3.05, 3.63) is 53.3 Å². The lowest BCUT2D eigenvalue weighted by atomic mass is 10.0. The lowest BCUT2D eigenvalue weighted by molar-refractivity contribution is -0.115. The Balaban J connectivity index is 1.48. The van der Waals surface area contributed by atoms with Gasteiger partial charge in [0.25, 0.3) is 0 Å². The van der Waals surface area contributed by atoms with Crippen molar-refractivity contribution in [2.45, 2.75) is 39.2 Å². The Bertz CT molecular complexity index is 970. The molecule has 158 valence electrons. The normalized spacial score (nSPS) is 21.0. The largest absolute Gasteiger partial charge is 0.370 e. The second-order valence-electron chi connectivity index (χ2n) is 8.06. The Labute approximate surface area is 177 Å². The molecule has 0 spiro atoms. The molecule has 1 fully saturated rings. The number of carbonyl (C=O) groups is 1. The number of hydrogen-bond acceptors (Lipinski definition) is 4. The van der Waals surface area contributed by atoms with Gasteiger partial charge < -0.3 is 10.2 Å². The molecule has 2 aliphatic rings. The summed E-state index contributed by atoms with van der Waals surface area (Å²) in [6.07, 6.45) is 2.80. The minimum atomic E-state index is -0.566. The lowest BCUT2D eigenvalue weighted by Crippen LogP contribution is -2.37. The van der Waals surface area contributed by atoms with Gasteiger partial charge in [-0.3, -0.25) is 14.7 Å². The van der Waals surface area contributed by atoms with Crippen molar-refractivity contribution in [1.29, 1.82) is 0 Å². The van der Waals surface area contributed by atoms with Crippen LogP contribution in [0.5, 0.6) is 0 Å². The Morgan fingerprint density at radius 3 is 2.77 bits per heavy atom. The summed E-state index contributed by atoms with van der Waals surface area (Å²) in [5.74, 6) is -1.09. The van der Waals surface area contributed by atoms with Crippen molar-refractivity contribution in [2.75, 3.05) is 36.4 Å². The molecular formula is C24H29FN4O. The predicted molar refractivity (Wildman–Crippen MR) is 121 cm³/mol. The number of likely N-dealkylation sites (N-methyl/N-ethyl adjacent to an activating group) is 1. The number of fused-ring (bicyclic) bond motifs is 1. The van der Waals surface area contributed by atoms with E-state index in [1.165, 1.54) is 29.8 Å². The van der Waals surface area contributed by atoms with Gasteiger partial charge in [0.2, 0.25) is 5.91 Å². The Morgan fingerprint density at radius 2 is 2.03 bits per heavy atom. The Morgan fingerprint density at radius 1 is 1.23 bits per heavy atom. The van der Waals surface area contributed by atoms with E-state index in [-0.39, 0.29) is 11.7 Å². The molecule has 4 rings (SSSR count). The van der Waals surface area contributed by atoms with Gasteiger partial charge in [-0.25, -0.2) is 4.39 Å². The van der Waals surface area contributed by atoms with Crippen LogP contribution in [-0.4, -0.2) is 49.2 Å². The molecule has 2 unspecified atom stereocenters. The van der Waals surface area contributed by atoms with Crippen LogP contribution in [0.1, 0.15) is 37.3 Å². The summed E-state index contributed by atoms with van der Waals surface area (Å²) in [5, 5.41) is 2.78. The topological polar surface area (TPSA) is 47.9 Å². The number of carbonyl (C=O) groups excluding carboxylic acids is 1. The van der Waals surface area contributed by atoms with Crippen molar-refractivity contribution < 1.29 is 9.18 Å². The third-order valence-electron chi connectivity index (χ3n) is 6.27. The van der Waals surface area contributed by atoms with Gasteiger partial charge >= 0.3 is 0 Å². The zero-order chi connectivity index (χ0) is 21.3. The van der Waals surface area contributed by atoms with Gasteiger partial charge in [-0.2, -0.15) is 0 Å². The second kappa shape index (κ2) is 8.56. The van der Waals surface area contributed by atoms with Gasteiger partial charge in [-0.15, -0.1) is 0 Å². The van der Waals surface area contributed by atoms with Crippen molar-refractivity contribution in [3.63, 3.8) is 0 Å². The number of amides is 1. The highest BCUT2D eigenvalue weighted by Gasteiger charge is 2.30. The fraction of sp³-hybridized carbons (Fsp3) is 0.417. The zero-order valence-corrected chi connectivity index (χ0v) is 17.9. The SMILES string of the molecule is CCN(CC)C1CCN(c2ccc(N=CC3C(=O)Nc4ccc(F)cc43)cc2C)C1. The third-order valence-corrected chi connectivity index (χ3v) is 6.27. The molecule has 2 heterocycles.